The first-order chi connectivity index (χ1) is 9.08. The zero-order valence-electron chi connectivity index (χ0n) is 11.0. The van der Waals surface area contributed by atoms with Crippen LogP contribution in [-0.2, 0) is 6.54 Å². The summed E-state index contributed by atoms with van der Waals surface area (Å²) < 4.78 is 0. The van der Waals surface area contributed by atoms with Gasteiger partial charge in [0.05, 0.1) is 24.1 Å². The van der Waals surface area contributed by atoms with E-state index in [1.54, 1.807) is 12.4 Å². The Kier molecular flexibility index (Phi) is 4.06. The number of hydrogen-bond acceptors (Lipinski definition) is 4. The summed E-state index contributed by atoms with van der Waals surface area (Å²) in [5.74, 6) is 0. The maximum absolute atomic E-state index is 5.74. The summed E-state index contributed by atoms with van der Waals surface area (Å²) in [6.07, 6.45) is 3.52. The number of aromatic nitrogens is 2. The van der Waals surface area contributed by atoms with Gasteiger partial charge in [-0.15, -0.1) is 0 Å². The first-order valence-electron chi connectivity index (χ1n) is 5.98. The summed E-state index contributed by atoms with van der Waals surface area (Å²) in [5, 5.41) is 3.33. The summed E-state index contributed by atoms with van der Waals surface area (Å²) in [5.41, 5.74) is 10.4. The van der Waals surface area contributed by atoms with Crippen LogP contribution >= 0.6 is 12.2 Å². The third-order valence-corrected chi connectivity index (χ3v) is 3.04. The molecule has 0 spiro atoms. The molecule has 2 aromatic rings. The Morgan fingerprint density at radius 3 is 2.68 bits per heavy atom. The minimum absolute atomic E-state index is 0.390. The van der Waals surface area contributed by atoms with Crippen molar-refractivity contribution in [3.63, 3.8) is 0 Å². The Bertz CT molecular complexity index is 593. The van der Waals surface area contributed by atoms with Gasteiger partial charge in [-0.05, 0) is 25.5 Å². The van der Waals surface area contributed by atoms with Crippen molar-refractivity contribution in [1.29, 1.82) is 0 Å². The van der Waals surface area contributed by atoms with Crippen LogP contribution in [0.5, 0.6) is 0 Å². The van der Waals surface area contributed by atoms with Crippen molar-refractivity contribution in [2.24, 2.45) is 5.73 Å². The van der Waals surface area contributed by atoms with Crippen LogP contribution in [0, 0.1) is 13.8 Å². The topological polar surface area (TPSA) is 63.8 Å². The number of anilines is 1. The zero-order valence-corrected chi connectivity index (χ0v) is 11.8. The molecule has 0 radical (unpaired) electrons. The van der Waals surface area contributed by atoms with Gasteiger partial charge in [-0.25, -0.2) is 0 Å². The van der Waals surface area contributed by atoms with Crippen LogP contribution in [-0.4, -0.2) is 15.0 Å². The summed E-state index contributed by atoms with van der Waals surface area (Å²) in [6, 6.07) is 5.88. The number of nitrogens with two attached hydrogens (primary N) is 1. The largest absolute Gasteiger partial charge is 0.389 e. The molecule has 0 fully saturated rings. The van der Waals surface area contributed by atoms with Gasteiger partial charge in [0.25, 0.3) is 0 Å². The van der Waals surface area contributed by atoms with E-state index in [-0.39, 0.29) is 0 Å². The summed E-state index contributed by atoms with van der Waals surface area (Å²) in [4.78, 5) is 8.92. The average molecular weight is 272 g/mol. The zero-order chi connectivity index (χ0) is 13.8. The highest BCUT2D eigenvalue weighted by atomic mass is 32.1. The number of nitrogens with zero attached hydrogens (tertiary/aromatic N) is 2. The molecule has 0 aliphatic carbocycles. The van der Waals surface area contributed by atoms with Crippen molar-refractivity contribution >= 4 is 22.9 Å². The molecule has 0 aliphatic heterocycles. The maximum Gasteiger partial charge on any atom is 0.106 e. The lowest BCUT2D eigenvalue weighted by atomic mass is 10.1. The summed E-state index contributed by atoms with van der Waals surface area (Å²) in [7, 11) is 0. The van der Waals surface area contributed by atoms with Crippen LogP contribution in [0.15, 0.2) is 30.6 Å². The first-order valence-corrected chi connectivity index (χ1v) is 6.39. The molecule has 0 atom stereocenters. The van der Waals surface area contributed by atoms with Gasteiger partial charge in [0, 0.05) is 17.4 Å². The minimum Gasteiger partial charge on any atom is -0.389 e. The van der Waals surface area contributed by atoms with Gasteiger partial charge in [0.2, 0.25) is 0 Å². The van der Waals surface area contributed by atoms with E-state index in [2.05, 4.69) is 15.3 Å². The van der Waals surface area contributed by atoms with Gasteiger partial charge in [-0.1, -0.05) is 24.4 Å². The number of hydrogen-bond donors (Lipinski definition) is 2. The van der Waals surface area contributed by atoms with Crippen LogP contribution in [0.3, 0.4) is 0 Å². The molecule has 3 N–H and O–H groups in total. The van der Waals surface area contributed by atoms with Crippen LogP contribution < -0.4 is 11.1 Å². The van der Waals surface area contributed by atoms with E-state index >= 15 is 0 Å². The molecule has 1 aromatic heterocycles. The molecule has 1 heterocycles. The Labute approximate surface area is 118 Å². The maximum atomic E-state index is 5.74. The highest BCUT2D eigenvalue weighted by molar-refractivity contribution is 7.80. The molecule has 0 unspecified atom stereocenters. The van der Waals surface area contributed by atoms with Crippen molar-refractivity contribution in [3.05, 3.63) is 53.1 Å². The highest BCUT2D eigenvalue weighted by Crippen LogP contribution is 2.21. The fourth-order valence-electron chi connectivity index (χ4n) is 1.80. The standard InChI is InChI=1S/C14H16N4S/c1-9-4-3-5-12(14(15)19)13(9)18-8-11-7-16-10(2)6-17-11/h3-7,18H,8H2,1-2H3,(H2,15,19). The van der Waals surface area contributed by atoms with E-state index in [9.17, 15) is 0 Å². The summed E-state index contributed by atoms with van der Waals surface area (Å²) >= 11 is 5.07. The van der Waals surface area contributed by atoms with Gasteiger partial charge in [0.15, 0.2) is 0 Å². The molecule has 4 nitrogen and oxygen atoms in total. The molecule has 0 amide bonds. The number of aryl methyl sites for hydroxylation is 2. The van der Waals surface area contributed by atoms with Crippen LogP contribution in [0.4, 0.5) is 5.69 Å². The lowest BCUT2D eigenvalue weighted by Crippen LogP contribution is -2.14. The van der Waals surface area contributed by atoms with Crippen molar-refractivity contribution < 1.29 is 0 Å². The van der Waals surface area contributed by atoms with Crippen molar-refractivity contribution in [2.75, 3.05) is 5.32 Å². The second-order valence-electron chi connectivity index (χ2n) is 4.36. The lowest BCUT2D eigenvalue weighted by molar-refractivity contribution is 0.982. The van der Waals surface area contributed by atoms with Gasteiger partial charge in [-0.3, -0.25) is 9.97 Å². The van der Waals surface area contributed by atoms with Crippen molar-refractivity contribution in [3.8, 4) is 0 Å². The van der Waals surface area contributed by atoms with E-state index in [1.165, 1.54) is 0 Å². The van der Waals surface area contributed by atoms with Gasteiger partial charge in [-0.2, -0.15) is 0 Å². The Balaban J connectivity index is 2.19. The van der Waals surface area contributed by atoms with E-state index < -0.39 is 0 Å². The molecule has 0 bridgehead atoms. The molecular weight excluding hydrogens is 256 g/mol. The molecular formula is C14H16N4S. The van der Waals surface area contributed by atoms with E-state index in [4.69, 9.17) is 18.0 Å². The Morgan fingerprint density at radius 1 is 1.26 bits per heavy atom. The molecule has 98 valence electrons. The van der Waals surface area contributed by atoms with Crippen LogP contribution in [0.25, 0.3) is 0 Å². The molecule has 0 saturated heterocycles. The average Bonchev–Trinajstić information content (AvgIpc) is 2.39. The Hall–Kier alpha value is -2.01. The fourth-order valence-corrected chi connectivity index (χ4v) is 1.97. The highest BCUT2D eigenvalue weighted by Gasteiger charge is 2.07. The van der Waals surface area contributed by atoms with Gasteiger partial charge < -0.3 is 11.1 Å². The van der Waals surface area contributed by atoms with Gasteiger partial charge >= 0.3 is 0 Å². The lowest BCUT2D eigenvalue weighted by Gasteiger charge is -2.13. The number of benzene rings is 1. The molecule has 1 aromatic carbocycles. The monoisotopic (exact) mass is 272 g/mol. The SMILES string of the molecule is Cc1cnc(CNc2c(C)cccc2C(N)=S)cn1. The minimum atomic E-state index is 0.390. The molecule has 0 saturated carbocycles. The second kappa shape index (κ2) is 5.75. The normalized spacial score (nSPS) is 10.2. The van der Waals surface area contributed by atoms with Crippen LogP contribution in [0.1, 0.15) is 22.5 Å². The predicted octanol–water partition coefficient (Wildman–Crippen LogP) is 2.34. The predicted molar refractivity (Wildman–Crippen MR) is 81.2 cm³/mol. The number of thiocarbonyl (C=S) groups is 1. The van der Waals surface area contributed by atoms with Gasteiger partial charge in [0.1, 0.15) is 4.99 Å². The molecule has 5 heteroatoms. The second-order valence-corrected chi connectivity index (χ2v) is 4.80. The molecule has 2 rings (SSSR count). The third kappa shape index (κ3) is 3.26. The number of nitrogens with one attached hydrogen (secondary N) is 1. The smallest absolute Gasteiger partial charge is 0.106 e. The van der Waals surface area contributed by atoms with E-state index in [0.29, 0.717) is 11.5 Å². The first kappa shape index (κ1) is 13.4. The number of rotatable bonds is 4. The Morgan fingerprint density at radius 2 is 2.05 bits per heavy atom. The fraction of sp³-hybridized carbons (Fsp3) is 0.214. The quantitative estimate of drug-likeness (QED) is 0.836. The van der Waals surface area contributed by atoms with Crippen LogP contribution in [0.2, 0.25) is 0 Å². The molecule has 19 heavy (non-hydrogen) atoms. The summed E-state index contributed by atoms with van der Waals surface area (Å²) in [6.45, 7) is 4.52. The number of para-hydroxylation sites is 1. The third-order valence-electron chi connectivity index (χ3n) is 2.82. The van der Waals surface area contributed by atoms with E-state index in [1.807, 2.05) is 32.0 Å². The molecule has 0 aliphatic rings. The van der Waals surface area contributed by atoms with Crippen molar-refractivity contribution in [1.82, 2.24) is 9.97 Å². The van der Waals surface area contributed by atoms with Crippen molar-refractivity contribution in [2.45, 2.75) is 20.4 Å². The van der Waals surface area contributed by atoms with E-state index in [0.717, 1.165) is 28.2 Å².